The van der Waals surface area contributed by atoms with Crippen molar-refractivity contribution >= 4 is 32.5 Å². The van der Waals surface area contributed by atoms with E-state index in [2.05, 4.69) is 0 Å². The quantitative estimate of drug-likeness (QED) is 0.769. The molecule has 1 aliphatic rings. The molecule has 2 rings (SSSR count). The molecule has 1 amide bonds. The second kappa shape index (κ2) is 4.33. The van der Waals surface area contributed by atoms with Crippen molar-refractivity contribution < 1.29 is 17.1 Å². The molecule has 0 N–H and O–H groups in total. The van der Waals surface area contributed by atoms with E-state index >= 15 is 0 Å². The number of halogens is 1. The van der Waals surface area contributed by atoms with Crippen LogP contribution in [0, 0.1) is 18.3 Å². The second-order valence-electron chi connectivity index (χ2n) is 4.02. The lowest BCUT2D eigenvalue weighted by Crippen LogP contribution is -2.26. The molecule has 1 aromatic rings. The Balaban J connectivity index is 2.37. The molecule has 1 aromatic heterocycles. The molecule has 2 heterocycles. The van der Waals surface area contributed by atoms with Gasteiger partial charge >= 0.3 is 10.2 Å². The maximum absolute atomic E-state index is 12.9. The minimum Gasteiger partial charge on any atom is -0.301 e. The average molecular weight is 288 g/mol. The number of thiophene rings is 1. The van der Waals surface area contributed by atoms with Crippen LogP contribution >= 0.6 is 11.3 Å². The van der Waals surface area contributed by atoms with Crippen LogP contribution in [0.4, 0.5) is 8.89 Å². The molecule has 0 bridgehead atoms. The molecule has 96 valence electrons. The number of carbonyl (C=O) groups excluding carboxylic acids is 1. The molecule has 0 aliphatic carbocycles. The summed E-state index contributed by atoms with van der Waals surface area (Å²) in [5.74, 6) is -0.473. The van der Waals surface area contributed by atoms with E-state index < -0.39 is 21.4 Å². The lowest BCUT2D eigenvalue weighted by Gasteiger charge is -2.14. The van der Waals surface area contributed by atoms with Gasteiger partial charge in [0, 0.05) is 13.0 Å². The van der Waals surface area contributed by atoms with Gasteiger partial charge in [0.25, 0.3) is 0 Å². The van der Waals surface area contributed by atoms with Crippen LogP contribution in [-0.2, 0) is 15.0 Å². The van der Waals surface area contributed by atoms with Crippen molar-refractivity contribution in [2.24, 2.45) is 0 Å². The van der Waals surface area contributed by atoms with Gasteiger partial charge in [-0.2, -0.15) is 13.7 Å². The van der Waals surface area contributed by atoms with Crippen molar-refractivity contribution in [3.8, 4) is 6.07 Å². The third-order valence-corrected chi connectivity index (χ3v) is 5.03. The number of nitrogens with zero attached hydrogens (tertiary/aromatic N) is 2. The van der Waals surface area contributed by atoms with E-state index in [1.165, 1.54) is 16.2 Å². The van der Waals surface area contributed by atoms with Gasteiger partial charge in [-0.1, -0.05) is 0 Å². The third kappa shape index (κ3) is 2.11. The molecule has 1 aliphatic heterocycles. The molecule has 5 nitrogen and oxygen atoms in total. The minimum absolute atomic E-state index is 0.230. The van der Waals surface area contributed by atoms with Gasteiger partial charge in [-0.05, 0) is 17.9 Å². The smallest absolute Gasteiger partial charge is 0.301 e. The maximum atomic E-state index is 12.9. The Morgan fingerprint density at radius 1 is 1.61 bits per heavy atom. The van der Waals surface area contributed by atoms with Gasteiger partial charge < -0.3 is 4.90 Å². The zero-order valence-electron chi connectivity index (χ0n) is 9.38. The highest BCUT2D eigenvalue weighted by Crippen LogP contribution is 2.34. The van der Waals surface area contributed by atoms with Crippen LogP contribution < -0.4 is 4.90 Å². The van der Waals surface area contributed by atoms with Crippen molar-refractivity contribution in [3.05, 3.63) is 16.5 Å². The van der Waals surface area contributed by atoms with Crippen LogP contribution in [-0.4, -0.2) is 26.1 Å². The molecule has 0 aromatic carbocycles. The van der Waals surface area contributed by atoms with E-state index in [0.29, 0.717) is 10.6 Å². The van der Waals surface area contributed by atoms with Gasteiger partial charge in [0.2, 0.25) is 5.91 Å². The van der Waals surface area contributed by atoms with Crippen molar-refractivity contribution in [3.63, 3.8) is 0 Å². The van der Waals surface area contributed by atoms with Gasteiger partial charge in [0.15, 0.2) is 0 Å². The van der Waals surface area contributed by atoms with Crippen LogP contribution in [0.1, 0.15) is 17.5 Å². The molecule has 8 heteroatoms. The van der Waals surface area contributed by atoms with E-state index in [4.69, 9.17) is 5.26 Å². The van der Waals surface area contributed by atoms with Crippen molar-refractivity contribution in [2.75, 3.05) is 11.4 Å². The normalized spacial score (nSPS) is 20.2. The molecule has 0 spiro atoms. The Labute approximate surface area is 108 Å². The highest BCUT2D eigenvalue weighted by atomic mass is 32.3. The van der Waals surface area contributed by atoms with Crippen molar-refractivity contribution in [1.29, 1.82) is 5.26 Å². The summed E-state index contributed by atoms with van der Waals surface area (Å²) in [6.45, 7) is 1.49. The Hall–Kier alpha value is -1.46. The number of anilines is 1. The standard InChI is InChI=1S/C10H9FN2O3S2/c1-6-5-17-10(8(6)3-12)13-4-7(2-9(13)14)18(11,15)16/h5,7H,2,4H2,1H3. The average Bonchev–Trinajstić information content (AvgIpc) is 2.80. The van der Waals surface area contributed by atoms with Crippen LogP contribution in [0.5, 0.6) is 0 Å². The largest absolute Gasteiger partial charge is 0.307 e. The fraction of sp³-hybridized carbons (Fsp3) is 0.400. The summed E-state index contributed by atoms with van der Waals surface area (Å²) in [6, 6.07) is 1.97. The Bertz CT molecular complexity index is 645. The summed E-state index contributed by atoms with van der Waals surface area (Å²) < 4.78 is 34.5. The number of hydrogen-bond donors (Lipinski definition) is 0. The molecule has 0 radical (unpaired) electrons. The predicted octanol–water partition coefficient (Wildman–Crippen LogP) is 1.33. The highest BCUT2D eigenvalue weighted by Gasteiger charge is 2.40. The first-order valence-electron chi connectivity index (χ1n) is 5.06. The molecule has 18 heavy (non-hydrogen) atoms. The first kappa shape index (κ1) is 13.0. The monoisotopic (exact) mass is 288 g/mol. The molecule has 1 saturated heterocycles. The van der Waals surface area contributed by atoms with E-state index in [-0.39, 0.29) is 13.0 Å². The summed E-state index contributed by atoms with van der Waals surface area (Å²) in [4.78, 5) is 12.9. The van der Waals surface area contributed by atoms with Crippen LogP contribution in [0.15, 0.2) is 5.38 Å². The molecular formula is C10H9FN2O3S2. The highest BCUT2D eigenvalue weighted by molar-refractivity contribution is 7.87. The van der Waals surface area contributed by atoms with Gasteiger partial charge in [-0.25, -0.2) is 0 Å². The molecule has 0 saturated carbocycles. The summed E-state index contributed by atoms with van der Waals surface area (Å²) in [7, 11) is -4.73. The Morgan fingerprint density at radius 2 is 2.28 bits per heavy atom. The van der Waals surface area contributed by atoms with Crippen molar-refractivity contribution in [1.82, 2.24) is 0 Å². The van der Waals surface area contributed by atoms with Gasteiger partial charge in [-0.3, -0.25) is 4.79 Å². The molecule has 1 fully saturated rings. The lowest BCUT2D eigenvalue weighted by atomic mass is 10.2. The molecular weight excluding hydrogens is 279 g/mol. The Morgan fingerprint density at radius 3 is 2.78 bits per heavy atom. The summed E-state index contributed by atoms with van der Waals surface area (Å²) >= 11 is 1.18. The maximum Gasteiger partial charge on any atom is 0.307 e. The number of nitriles is 1. The van der Waals surface area contributed by atoms with Gasteiger partial charge in [0.05, 0.1) is 5.56 Å². The SMILES string of the molecule is Cc1csc(N2CC(S(=O)(=O)F)CC2=O)c1C#N. The van der Waals surface area contributed by atoms with Crippen molar-refractivity contribution in [2.45, 2.75) is 18.6 Å². The number of carbonyl (C=O) groups is 1. The first-order valence-corrected chi connectivity index (χ1v) is 7.39. The number of amides is 1. The predicted molar refractivity (Wildman–Crippen MR) is 64.6 cm³/mol. The number of rotatable bonds is 2. The van der Waals surface area contributed by atoms with Crippen LogP contribution in [0.2, 0.25) is 0 Å². The van der Waals surface area contributed by atoms with Crippen LogP contribution in [0.3, 0.4) is 0 Å². The fourth-order valence-electron chi connectivity index (χ4n) is 1.83. The van der Waals surface area contributed by atoms with Crippen LogP contribution in [0.25, 0.3) is 0 Å². The fourth-order valence-corrected chi connectivity index (χ4v) is 3.53. The molecule has 1 unspecified atom stereocenters. The second-order valence-corrected chi connectivity index (χ2v) is 6.49. The van der Waals surface area contributed by atoms with E-state index in [1.54, 1.807) is 12.3 Å². The lowest BCUT2D eigenvalue weighted by molar-refractivity contribution is -0.117. The number of aryl methyl sites for hydroxylation is 1. The third-order valence-electron chi connectivity index (χ3n) is 2.80. The zero-order chi connectivity index (χ0) is 13.5. The van der Waals surface area contributed by atoms with Gasteiger partial charge in [0.1, 0.15) is 16.3 Å². The number of hydrogen-bond acceptors (Lipinski definition) is 5. The summed E-state index contributed by atoms with van der Waals surface area (Å²) in [6.07, 6.45) is -0.374. The summed E-state index contributed by atoms with van der Waals surface area (Å²) in [5, 5.41) is 9.75. The Kier molecular flexibility index (Phi) is 3.12. The summed E-state index contributed by atoms with van der Waals surface area (Å²) in [5.41, 5.74) is 1.06. The van der Waals surface area contributed by atoms with E-state index in [0.717, 1.165) is 5.56 Å². The van der Waals surface area contributed by atoms with E-state index in [9.17, 15) is 17.1 Å². The van der Waals surface area contributed by atoms with Gasteiger partial charge in [-0.15, -0.1) is 15.2 Å². The topological polar surface area (TPSA) is 78.2 Å². The zero-order valence-corrected chi connectivity index (χ0v) is 11.0. The minimum atomic E-state index is -4.73. The molecule has 1 atom stereocenters. The first-order chi connectivity index (χ1) is 8.34. The van der Waals surface area contributed by atoms with E-state index in [1.807, 2.05) is 6.07 Å².